The van der Waals surface area contributed by atoms with E-state index in [4.69, 9.17) is 5.73 Å². The third kappa shape index (κ3) is 9.12. The van der Waals surface area contributed by atoms with E-state index in [0.29, 0.717) is 18.3 Å². The number of amides is 1. The lowest BCUT2D eigenvalue weighted by Crippen LogP contribution is -2.38. The van der Waals surface area contributed by atoms with Crippen molar-refractivity contribution in [3.05, 3.63) is 23.9 Å². The fourth-order valence-electron chi connectivity index (χ4n) is 2.23. The Morgan fingerprint density at radius 1 is 1.29 bits per heavy atom. The normalized spacial score (nSPS) is 13.0. The van der Waals surface area contributed by atoms with Gasteiger partial charge in [0.15, 0.2) is 5.96 Å². The average molecular weight is 333 g/mol. The molecule has 6 heteroatoms. The quantitative estimate of drug-likeness (QED) is 0.478. The Balaban J connectivity index is 2.24. The number of guanidine groups is 1. The maximum atomic E-state index is 11.8. The maximum Gasteiger partial charge on any atom is 0.227 e. The van der Waals surface area contributed by atoms with E-state index in [1.807, 2.05) is 13.0 Å². The first-order valence-corrected chi connectivity index (χ1v) is 8.65. The molecule has 1 heterocycles. The molecule has 0 fully saturated rings. The molecule has 0 aromatic carbocycles. The molecule has 0 bridgehead atoms. The van der Waals surface area contributed by atoms with Crippen LogP contribution in [0, 0.1) is 12.8 Å². The van der Waals surface area contributed by atoms with E-state index in [0.717, 1.165) is 17.9 Å². The van der Waals surface area contributed by atoms with E-state index in [1.165, 1.54) is 12.8 Å². The molecule has 0 saturated heterocycles. The predicted octanol–water partition coefficient (Wildman–Crippen LogP) is 2.84. The number of rotatable bonds is 9. The summed E-state index contributed by atoms with van der Waals surface area (Å²) in [6.07, 6.45) is 5.45. The first kappa shape index (κ1) is 19.9. The molecule has 1 aromatic heterocycles. The molecule has 0 saturated carbocycles. The zero-order valence-corrected chi connectivity index (χ0v) is 15.3. The SMILES string of the molecule is Cc1ccc(NC(=O)CCN=C(N)NC(C)CCCC(C)C)nc1. The largest absolute Gasteiger partial charge is 0.370 e. The van der Waals surface area contributed by atoms with Gasteiger partial charge >= 0.3 is 0 Å². The summed E-state index contributed by atoms with van der Waals surface area (Å²) in [5.74, 6) is 1.56. The molecule has 0 spiro atoms. The van der Waals surface area contributed by atoms with Crippen molar-refractivity contribution in [2.45, 2.75) is 59.4 Å². The van der Waals surface area contributed by atoms with Crippen LogP contribution in [-0.2, 0) is 4.79 Å². The lowest BCUT2D eigenvalue weighted by molar-refractivity contribution is -0.116. The highest BCUT2D eigenvalue weighted by Gasteiger charge is 2.05. The summed E-state index contributed by atoms with van der Waals surface area (Å²) in [6.45, 7) is 8.86. The zero-order chi connectivity index (χ0) is 17.9. The average Bonchev–Trinajstić information content (AvgIpc) is 2.49. The van der Waals surface area contributed by atoms with E-state index in [1.54, 1.807) is 12.3 Å². The minimum absolute atomic E-state index is 0.118. The molecule has 1 atom stereocenters. The summed E-state index contributed by atoms with van der Waals surface area (Å²) in [4.78, 5) is 20.2. The number of aryl methyl sites for hydroxylation is 1. The maximum absolute atomic E-state index is 11.8. The highest BCUT2D eigenvalue weighted by molar-refractivity contribution is 5.90. The molecule has 1 aromatic rings. The van der Waals surface area contributed by atoms with Gasteiger partial charge in [-0.15, -0.1) is 0 Å². The zero-order valence-electron chi connectivity index (χ0n) is 15.3. The second-order valence-corrected chi connectivity index (χ2v) is 6.66. The van der Waals surface area contributed by atoms with Gasteiger partial charge < -0.3 is 16.4 Å². The molecule has 0 aliphatic carbocycles. The Morgan fingerprint density at radius 3 is 2.67 bits per heavy atom. The van der Waals surface area contributed by atoms with Gasteiger partial charge in [-0.3, -0.25) is 9.79 Å². The minimum atomic E-state index is -0.118. The summed E-state index contributed by atoms with van der Waals surface area (Å²) in [5.41, 5.74) is 6.91. The van der Waals surface area contributed by atoms with Crippen LogP contribution in [0.25, 0.3) is 0 Å². The fourth-order valence-corrected chi connectivity index (χ4v) is 2.23. The fraction of sp³-hybridized carbons (Fsp3) is 0.611. The molecule has 1 amide bonds. The van der Waals surface area contributed by atoms with Gasteiger partial charge in [0.1, 0.15) is 5.82 Å². The number of nitrogens with one attached hydrogen (secondary N) is 2. The number of aromatic nitrogens is 1. The van der Waals surface area contributed by atoms with Gasteiger partial charge in [0.25, 0.3) is 0 Å². The molecule has 6 nitrogen and oxygen atoms in total. The van der Waals surface area contributed by atoms with Gasteiger partial charge in [-0.25, -0.2) is 4.98 Å². The number of pyridine rings is 1. The summed E-state index contributed by atoms with van der Waals surface area (Å²) < 4.78 is 0. The summed E-state index contributed by atoms with van der Waals surface area (Å²) in [5, 5.41) is 5.91. The number of aliphatic imine (C=N–C) groups is 1. The van der Waals surface area contributed by atoms with Crippen LogP contribution in [0.2, 0.25) is 0 Å². The minimum Gasteiger partial charge on any atom is -0.370 e. The van der Waals surface area contributed by atoms with Gasteiger partial charge in [-0.05, 0) is 37.8 Å². The van der Waals surface area contributed by atoms with Crippen LogP contribution in [0.4, 0.5) is 5.82 Å². The summed E-state index contributed by atoms with van der Waals surface area (Å²) >= 11 is 0. The Bertz CT molecular complexity index is 525. The standard InChI is InChI=1S/C18H31N5O/c1-13(2)6-5-7-15(4)22-18(19)20-11-10-17(24)23-16-9-8-14(3)12-21-16/h8-9,12-13,15H,5-7,10-11H2,1-4H3,(H3,19,20,22)(H,21,23,24). The van der Waals surface area contributed by atoms with E-state index >= 15 is 0 Å². The Morgan fingerprint density at radius 2 is 2.04 bits per heavy atom. The lowest BCUT2D eigenvalue weighted by Gasteiger charge is -2.15. The number of nitrogens with zero attached hydrogens (tertiary/aromatic N) is 2. The summed E-state index contributed by atoms with van der Waals surface area (Å²) in [7, 11) is 0. The van der Waals surface area contributed by atoms with Crippen molar-refractivity contribution in [2.75, 3.05) is 11.9 Å². The van der Waals surface area contributed by atoms with E-state index < -0.39 is 0 Å². The number of hydrogen-bond donors (Lipinski definition) is 3. The van der Waals surface area contributed by atoms with Crippen LogP contribution in [0.15, 0.2) is 23.3 Å². The van der Waals surface area contributed by atoms with Crippen molar-refractivity contribution < 1.29 is 4.79 Å². The van der Waals surface area contributed by atoms with E-state index in [9.17, 15) is 4.79 Å². The topological polar surface area (TPSA) is 92.4 Å². The third-order valence-corrected chi connectivity index (χ3v) is 3.61. The lowest BCUT2D eigenvalue weighted by atomic mass is 10.0. The molecule has 134 valence electrons. The number of anilines is 1. The van der Waals surface area contributed by atoms with Crippen LogP contribution in [0.1, 0.15) is 52.0 Å². The Labute approximate surface area is 145 Å². The number of carbonyl (C=O) groups is 1. The van der Waals surface area contributed by atoms with Crippen molar-refractivity contribution in [2.24, 2.45) is 16.6 Å². The molecule has 24 heavy (non-hydrogen) atoms. The first-order chi connectivity index (χ1) is 11.4. The van der Waals surface area contributed by atoms with Crippen LogP contribution in [-0.4, -0.2) is 29.4 Å². The first-order valence-electron chi connectivity index (χ1n) is 8.65. The summed E-state index contributed by atoms with van der Waals surface area (Å²) in [6, 6.07) is 3.98. The van der Waals surface area contributed by atoms with E-state index in [2.05, 4.69) is 41.4 Å². The number of nitrogens with two attached hydrogens (primary N) is 1. The van der Waals surface area contributed by atoms with Crippen LogP contribution >= 0.6 is 0 Å². The molecule has 1 unspecified atom stereocenters. The van der Waals surface area contributed by atoms with Crippen LogP contribution < -0.4 is 16.4 Å². The van der Waals surface area contributed by atoms with Crippen molar-refractivity contribution in [3.63, 3.8) is 0 Å². The molecule has 0 radical (unpaired) electrons. The Kier molecular flexibility index (Phi) is 8.83. The molecule has 0 aliphatic rings. The van der Waals surface area contributed by atoms with Crippen LogP contribution in [0.5, 0.6) is 0 Å². The Hall–Kier alpha value is -2.11. The van der Waals surface area contributed by atoms with Crippen molar-refractivity contribution in [1.29, 1.82) is 0 Å². The van der Waals surface area contributed by atoms with Gasteiger partial charge in [0.2, 0.25) is 5.91 Å². The molecule has 4 N–H and O–H groups in total. The second kappa shape index (κ2) is 10.6. The second-order valence-electron chi connectivity index (χ2n) is 6.66. The highest BCUT2D eigenvalue weighted by Crippen LogP contribution is 2.08. The van der Waals surface area contributed by atoms with E-state index in [-0.39, 0.29) is 18.4 Å². The van der Waals surface area contributed by atoms with Gasteiger partial charge in [0.05, 0.1) is 6.54 Å². The van der Waals surface area contributed by atoms with Gasteiger partial charge in [-0.2, -0.15) is 0 Å². The van der Waals surface area contributed by atoms with Crippen molar-refractivity contribution in [1.82, 2.24) is 10.3 Å². The number of hydrogen-bond acceptors (Lipinski definition) is 3. The highest BCUT2D eigenvalue weighted by atomic mass is 16.1. The van der Waals surface area contributed by atoms with Gasteiger partial charge in [0, 0.05) is 18.7 Å². The molecule has 1 rings (SSSR count). The predicted molar refractivity (Wildman–Crippen MR) is 100.0 cm³/mol. The monoisotopic (exact) mass is 333 g/mol. The van der Waals surface area contributed by atoms with Gasteiger partial charge in [-0.1, -0.05) is 32.8 Å². The van der Waals surface area contributed by atoms with Crippen molar-refractivity contribution in [3.8, 4) is 0 Å². The molecular formula is C18H31N5O. The van der Waals surface area contributed by atoms with Crippen molar-refractivity contribution >= 4 is 17.7 Å². The molecule has 0 aliphatic heterocycles. The molecular weight excluding hydrogens is 302 g/mol. The smallest absolute Gasteiger partial charge is 0.227 e. The van der Waals surface area contributed by atoms with Crippen LogP contribution in [0.3, 0.4) is 0 Å². The third-order valence-electron chi connectivity index (χ3n) is 3.61. The number of carbonyl (C=O) groups excluding carboxylic acids is 1.